The molecular formula is C25H22F4N4O3S. The maximum atomic E-state index is 14.4. The SMILES string of the molecule is CC(C(=O)NCc1ccc(C(F)(F)F)nc1-c1ccc2cc[nH]c2c1)c1ccc(NS(C)(=O)=O)c(F)c1. The second-order valence-electron chi connectivity index (χ2n) is 8.53. The summed E-state index contributed by atoms with van der Waals surface area (Å²) in [6.45, 7) is 1.40. The lowest BCUT2D eigenvalue weighted by molar-refractivity contribution is -0.141. The van der Waals surface area contributed by atoms with E-state index in [1.54, 1.807) is 24.4 Å². The van der Waals surface area contributed by atoms with Crippen LogP contribution in [0.5, 0.6) is 0 Å². The number of carbonyl (C=O) groups is 1. The Balaban J connectivity index is 1.57. The third-order valence-corrected chi connectivity index (χ3v) is 6.32. The Morgan fingerprint density at radius 3 is 2.51 bits per heavy atom. The van der Waals surface area contributed by atoms with Crippen molar-refractivity contribution in [2.45, 2.75) is 25.6 Å². The first-order chi connectivity index (χ1) is 17.3. The van der Waals surface area contributed by atoms with E-state index >= 15 is 0 Å². The highest BCUT2D eigenvalue weighted by Gasteiger charge is 2.33. The van der Waals surface area contributed by atoms with E-state index in [0.717, 1.165) is 29.3 Å². The van der Waals surface area contributed by atoms with Crippen LogP contribution in [0.3, 0.4) is 0 Å². The molecule has 3 N–H and O–H groups in total. The zero-order valence-corrected chi connectivity index (χ0v) is 20.5. The smallest absolute Gasteiger partial charge is 0.361 e. The van der Waals surface area contributed by atoms with Gasteiger partial charge in [0.05, 0.1) is 23.6 Å². The molecule has 1 atom stereocenters. The number of hydrogen-bond donors (Lipinski definition) is 3. The van der Waals surface area contributed by atoms with Crippen LogP contribution in [0.4, 0.5) is 23.2 Å². The first-order valence-electron chi connectivity index (χ1n) is 11.0. The number of aromatic amines is 1. The largest absolute Gasteiger partial charge is 0.433 e. The zero-order chi connectivity index (χ0) is 27.0. The molecule has 0 saturated carbocycles. The van der Waals surface area contributed by atoms with Gasteiger partial charge in [-0.3, -0.25) is 9.52 Å². The molecule has 0 saturated heterocycles. The van der Waals surface area contributed by atoms with E-state index < -0.39 is 39.5 Å². The summed E-state index contributed by atoms with van der Waals surface area (Å²) in [4.78, 5) is 19.7. The highest BCUT2D eigenvalue weighted by molar-refractivity contribution is 7.92. The normalized spacial score (nSPS) is 12.9. The van der Waals surface area contributed by atoms with Gasteiger partial charge in [-0.2, -0.15) is 13.2 Å². The molecule has 0 aliphatic heterocycles. The number of anilines is 1. The quantitative estimate of drug-likeness (QED) is 0.284. The number of fused-ring (bicyclic) bond motifs is 1. The van der Waals surface area contributed by atoms with E-state index in [1.807, 2.05) is 10.8 Å². The molecule has 2 heterocycles. The predicted molar refractivity (Wildman–Crippen MR) is 132 cm³/mol. The molecule has 4 rings (SSSR count). The van der Waals surface area contributed by atoms with Crippen LogP contribution in [0.2, 0.25) is 0 Å². The number of hydrogen-bond acceptors (Lipinski definition) is 4. The Labute approximate surface area is 210 Å². The highest BCUT2D eigenvalue weighted by Crippen LogP contribution is 2.32. The topological polar surface area (TPSA) is 104 Å². The summed E-state index contributed by atoms with van der Waals surface area (Å²) in [5.41, 5.74) is 0.566. The molecule has 2 aromatic carbocycles. The lowest BCUT2D eigenvalue weighted by Crippen LogP contribution is -2.28. The van der Waals surface area contributed by atoms with E-state index in [4.69, 9.17) is 0 Å². The van der Waals surface area contributed by atoms with Crippen molar-refractivity contribution in [3.8, 4) is 11.3 Å². The van der Waals surface area contributed by atoms with Crippen LogP contribution >= 0.6 is 0 Å². The fourth-order valence-electron chi connectivity index (χ4n) is 3.80. The fraction of sp³-hybridized carbons (Fsp3) is 0.200. The van der Waals surface area contributed by atoms with E-state index in [0.29, 0.717) is 11.1 Å². The number of rotatable bonds is 7. The Kier molecular flexibility index (Phi) is 6.96. The van der Waals surface area contributed by atoms with Crippen LogP contribution in [-0.4, -0.2) is 30.5 Å². The van der Waals surface area contributed by atoms with Crippen molar-refractivity contribution < 1.29 is 30.8 Å². The molecule has 4 aromatic rings. The number of alkyl halides is 3. The molecule has 0 fully saturated rings. The van der Waals surface area contributed by atoms with Gasteiger partial charge in [0.1, 0.15) is 11.5 Å². The molecule has 2 aromatic heterocycles. The highest BCUT2D eigenvalue weighted by atomic mass is 32.2. The maximum Gasteiger partial charge on any atom is 0.433 e. The van der Waals surface area contributed by atoms with Crippen molar-refractivity contribution >= 4 is 32.5 Å². The minimum absolute atomic E-state index is 0.0709. The van der Waals surface area contributed by atoms with Crippen LogP contribution in [0.25, 0.3) is 22.2 Å². The molecule has 0 aliphatic rings. The summed E-state index contributed by atoms with van der Waals surface area (Å²) < 4.78 is 79.2. The second kappa shape index (κ2) is 9.85. The monoisotopic (exact) mass is 534 g/mol. The van der Waals surface area contributed by atoms with Gasteiger partial charge in [0.15, 0.2) is 0 Å². The van der Waals surface area contributed by atoms with Crippen molar-refractivity contribution in [2.24, 2.45) is 0 Å². The van der Waals surface area contributed by atoms with E-state index in [1.165, 1.54) is 25.1 Å². The molecule has 0 radical (unpaired) electrons. The van der Waals surface area contributed by atoms with Gasteiger partial charge < -0.3 is 10.3 Å². The van der Waals surface area contributed by atoms with Crippen LogP contribution in [0.15, 0.2) is 60.8 Å². The van der Waals surface area contributed by atoms with Crippen molar-refractivity contribution in [1.29, 1.82) is 0 Å². The van der Waals surface area contributed by atoms with Crippen molar-refractivity contribution in [2.75, 3.05) is 11.0 Å². The number of pyridine rings is 1. The molecule has 1 unspecified atom stereocenters. The average Bonchev–Trinajstić information content (AvgIpc) is 3.30. The number of nitrogens with one attached hydrogen (secondary N) is 3. The van der Waals surface area contributed by atoms with Gasteiger partial charge in [0.25, 0.3) is 0 Å². The van der Waals surface area contributed by atoms with Gasteiger partial charge in [0, 0.05) is 23.8 Å². The standard InChI is InChI=1S/C25H22F4N4O3S/c1-14(16-5-7-20(19(26)11-16)33-37(2,35)36)24(34)31-13-18-6-8-22(25(27,28)29)32-23(18)17-4-3-15-9-10-30-21(15)12-17/h3-12,14,30,33H,13H2,1-2H3,(H,31,34). The number of nitrogens with zero attached hydrogens (tertiary/aromatic N) is 1. The summed E-state index contributed by atoms with van der Waals surface area (Å²) >= 11 is 0. The molecule has 12 heteroatoms. The van der Waals surface area contributed by atoms with Gasteiger partial charge in [-0.05, 0) is 53.8 Å². The zero-order valence-electron chi connectivity index (χ0n) is 19.7. The van der Waals surface area contributed by atoms with Crippen LogP contribution in [0, 0.1) is 5.82 Å². The molecule has 0 aliphatic carbocycles. The first kappa shape index (κ1) is 26.1. The second-order valence-corrected chi connectivity index (χ2v) is 10.3. The number of carbonyl (C=O) groups excluding carboxylic acids is 1. The van der Waals surface area contributed by atoms with Gasteiger partial charge in [-0.1, -0.05) is 24.3 Å². The molecule has 1 amide bonds. The van der Waals surface area contributed by atoms with Crippen molar-refractivity contribution in [1.82, 2.24) is 15.3 Å². The molecular weight excluding hydrogens is 512 g/mol. The maximum absolute atomic E-state index is 14.4. The van der Waals surface area contributed by atoms with E-state index in [2.05, 4.69) is 15.3 Å². The van der Waals surface area contributed by atoms with Crippen LogP contribution in [-0.2, 0) is 27.5 Å². The Hall–Kier alpha value is -3.93. The Morgan fingerprint density at radius 2 is 1.84 bits per heavy atom. The van der Waals surface area contributed by atoms with Gasteiger partial charge in [-0.15, -0.1) is 0 Å². The molecule has 0 spiro atoms. The molecule has 37 heavy (non-hydrogen) atoms. The van der Waals surface area contributed by atoms with E-state index in [9.17, 15) is 30.8 Å². The minimum atomic E-state index is -4.65. The number of benzene rings is 2. The van der Waals surface area contributed by atoms with Gasteiger partial charge in [0.2, 0.25) is 15.9 Å². The number of H-pyrrole nitrogens is 1. The number of aromatic nitrogens is 2. The lowest BCUT2D eigenvalue weighted by Gasteiger charge is -2.16. The summed E-state index contributed by atoms with van der Waals surface area (Å²) in [5.74, 6) is -2.19. The number of sulfonamides is 1. The summed E-state index contributed by atoms with van der Waals surface area (Å²) in [7, 11) is -3.68. The Morgan fingerprint density at radius 1 is 1.08 bits per heavy atom. The van der Waals surface area contributed by atoms with Crippen molar-refractivity contribution in [3.05, 3.63) is 83.4 Å². The van der Waals surface area contributed by atoms with Crippen LogP contribution in [0.1, 0.15) is 29.7 Å². The number of amides is 1. The fourth-order valence-corrected chi connectivity index (χ4v) is 4.37. The minimum Gasteiger partial charge on any atom is -0.361 e. The first-order valence-corrected chi connectivity index (χ1v) is 12.9. The summed E-state index contributed by atoms with van der Waals surface area (Å²) in [6, 6.07) is 12.7. The van der Waals surface area contributed by atoms with Gasteiger partial charge >= 0.3 is 6.18 Å². The summed E-state index contributed by atoms with van der Waals surface area (Å²) in [5, 5.41) is 3.55. The van der Waals surface area contributed by atoms with Crippen molar-refractivity contribution in [3.63, 3.8) is 0 Å². The van der Waals surface area contributed by atoms with Gasteiger partial charge in [-0.25, -0.2) is 17.8 Å². The van der Waals surface area contributed by atoms with Crippen LogP contribution < -0.4 is 10.0 Å². The lowest BCUT2D eigenvalue weighted by atomic mass is 9.99. The van der Waals surface area contributed by atoms with E-state index in [-0.39, 0.29) is 23.5 Å². The summed E-state index contributed by atoms with van der Waals surface area (Å²) in [6.07, 6.45) is -2.05. The average molecular weight is 535 g/mol. The molecule has 0 bridgehead atoms. The third kappa shape index (κ3) is 6.08. The number of halogens is 4. The Bertz CT molecular complexity index is 1580. The third-order valence-electron chi connectivity index (χ3n) is 5.73. The molecule has 7 nitrogen and oxygen atoms in total. The molecule has 194 valence electrons. The predicted octanol–water partition coefficient (Wildman–Crippen LogP) is 5.18.